The minimum atomic E-state index is -0.967. The Hall–Kier alpha value is -2.33. The molecule has 0 saturated heterocycles. The summed E-state index contributed by atoms with van der Waals surface area (Å²) in [6, 6.07) is 13.2. The van der Waals surface area contributed by atoms with Crippen molar-refractivity contribution in [2.45, 2.75) is 31.8 Å². The number of carboxylic acid groups (broad SMARTS) is 1. The minimum absolute atomic E-state index is 0.158. The number of fused-ring (bicyclic) bond motifs is 1. The Kier molecular flexibility index (Phi) is 4.33. The van der Waals surface area contributed by atoms with Gasteiger partial charge in [0.15, 0.2) is 0 Å². The van der Waals surface area contributed by atoms with Crippen LogP contribution in [0.5, 0.6) is 0 Å². The van der Waals surface area contributed by atoms with Gasteiger partial charge in [-0.15, -0.1) is 0 Å². The fraction of sp³-hybridized carbons (Fsp3) is 0.263. The number of aliphatic carboxylic acids is 1. The van der Waals surface area contributed by atoms with Gasteiger partial charge in [-0.05, 0) is 37.1 Å². The number of halogens is 1. The zero-order valence-electron chi connectivity index (χ0n) is 13.4. The van der Waals surface area contributed by atoms with Crippen molar-refractivity contribution >= 4 is 23.5 Å². The van der Waals surface area contributed by atoms with E-state index in [4.69, 9.17) is 11.6 Å². The van der Waals surface area contributed by atoms with Crippen LogP contribution in [0.25, 0.3) is 0 Å². The maximum atomic E-state index is 13.0. The predicted octanol–water partition coefficient (Wildman–Crippen LogP) is 4.11. The van der Waals surface area contributed by atoms with E-state index in [9.17, 15) is 14.7 Å². The van der Waals surface area contributed by atoms with Crippen molar-refractivity contribution in [2.24, 2.45) is 0 Å². The zero-order valence-corrected chi connectivity index (χ0v) is 14.2. The number of hydrogen-bond acceptors (Lipinski definition) is 2. The van der Waals surface area contributed by atoms with Crippen molar-refractivity contribution in [1.82, 2.24) is 4.90 Å². The molecular weight excluding hydrogens is 326 g/mol. The number of rotatable bonds is 3. The average molecular weight is 344 g/mol. The number of benzene rings is 2. The molecule has 24 heavy (non-hydrogen) atoms. The normalized spacial score (nSPS) is 20.2. The van der Waals surface area contributed by atoms with Crippen LogP contribution in [-0.4, -0.2) is 27.9 Å². The second-order valence-corrected chi connectivity index (χ2v) is 6.58. The van der Waals surface area contributed by atoms with Crippen molar-refractivity contribution in [2.75, 3.05) is 0 Å². The number of carbonyl (C=O) groups is 2. The van der Waals surface area contributed by atoms with E-state index in [1.165, 1.54) is 0 Å². The Labute approximate surface area is 145 Å². The second kappa shape index (κ2) is 6.29. The Morgan fingerprint density at radius 1 is 1.08 bits per heavy atom. The molecule has 1 amide bonds. The molecule has 0 fully saturated rings. The van der Waals surface area contributed by atoms with Gasteiger partial charge < -0.3 is 10.0 Å². The maximum Gasteiger partial charge on any atom is 0.313 e. The Bertz CT molecular complexity index is 803. The van der Waals surface area contributed by atoms with Crippen molar-refractivity contribution in [3.8, 4) is 0 Å². The standard InChI is InChI=1S/C19H18ClNO3/c1-11(2)21-17(14-9-5-6-10-15(14)20)16(19(23)24)12-7-3-4-8-13(12)18(21)22/h3-11,16-17H,1-2H3,(H,23,24)/t16-,17-/m0/s1. The van der Waals surface area contributed by atoms with Crippen LogP contribution in [0.3, 0.4) is 0 Å². The molecule has 0 spiro atoms. The third kappa shape index (κ3) is 2.57. The quantitative estimate of drug-likeness (QED) is 0.912. The van der Waals surface area contributed by atoms with Gasteiger partial charge in [-0.3, -0.25) is 9.59 Å². The highest BCUT2D eigenvalue weighted by Gasteiger charge is 2.45. The van der Waals surface area contributed by atoms with E-state index in [1.807, 2.05) is 19.9 Å². The van der Waals surface area contributed by atoms with Gasteiger partial charge in [-0.25, -0.2) is 0 Å². The summed E-state index contributed by atoms with van der Waals surface area (Å²) in [5.41, 5.74) is 1.64. The number of carboxylic acids is 1. The fourth-order valence-corrected chi connectivity index (χ4v) is 3.67. The molecule has 4 nitrogen and oxygen atoms in total. The molecule has 3 rings (SSSR count). The number of nitrogens with zero attached hydrogens (tertiary/aromatic N) is 1. The third-order valence-electron chi connectivity index (χ3n) is 4.42. The third-order valence-corrected chi connectivity index (χ3v) is 4.77. The highest BCUT2D eigenvalue weighted by atomic mass is 35.5. The Morgan fingerprint density at radius 3 is 2.25 bits per heavy atom. The van der Waals surface area contributed by atoms with E-state index in [0.29, 0.717) is 21.7 Å². The lowest BCUT2D eigenvalue weighted by Gasteiger charge is -2.43. The molecule has 0 saturated carbocycles. The van der Waals surface area contributed by atoms with E-state index < -0.39 is 17.9 Å². The lowest BCUT2D eigenvalue weighted by Crippen LogP contribution is -2.48. The van der Waals surface area contributed by atoms with Gasteiger partial charge in [-0.1, -0.05) is 48.0 Å². The molecule has 124 valence electrons. The van der Waals surface area contributed by atoms with Gasteiger partial charge in [0.25, 0.3) is 5.91 Å². The molecular formula is C19H18ClNO3. The van der Waals surface area contributed by atoms with Crippen LogP contribution in [0.15, 0.2) is 48.5 Å². The summed E-state index contributed by atoms with van der Waals surface area (Å²) in [7, 11) is 0. The summed E-state index contributed by atoms with van der Waals surface area (Å²) < 4.78 is 0. The summed E-state index contributed by atoms with van der Waals surface area (Å²) in [5.74, 6) is -1.99. The molecule has 1 heterocycles. The first-order valence-electron chi connectivity index (χ1n) is 7.82. The molecule has 1 aliphatic rings. The number of amides is 1. The molecule has 5 heteroatoms. The van der Waals surface area contributed by atoms with E-state index in [2.05, 4.69) is 0 Å². The van der Waals surface area contributed by atoms with Gasteiger partial charge in [0.05, 0.1) is 6.04 Å². The van der Waals surface area contributed by atoms with Crippen molar-refractivity contribution in [3.63, 3.8) is 0 Å². The van der Waals surface area contributed by atoms with Gasteiger partial charge >= 0.3 is 5.97 Å². The molecule has 2 atom stereocenters. The molecule has 1 aliphatic heterocycles. The average Bonchev–Trinajstić information content (AvgIpc) is 2.54. The van der Waals surface area contributed by atoms with E-state index >= 15 is 0 Å². The highest BCUT2D eigenvalue weighted by molar-refractivity contribution is 6.31. The highest BCUT2D eigenvalue weighted by Crippen LogP contribution is 2.45. The summed E-state index contributed by atoms with van der Waals surface area (Å²) in [5, 5.41) is 10.4. The van der Waals surface area contributed by atoms with Crippen LogP contribution in [0.1, 0.15) is 47.3 Å². The molecule has 0 aliphatic carbocycles. The smallest absolute Gasteiger partial charge is 0.313 e. The maximum absolute atomic E-state index is 13.0. The monoisotopic (exact) mass is 343 g/mol. The first-order valence-corrected chi connectivity index (χ1v) is 8.20. The summed E-state index contributed by atoms with van der Waals surface area (Å²) >= 11 is 6.34. The lowest BCUT2D eigenvalue weighted by molar-refractivity contribution is -0.140. The largest absolute Gasteiger partial charge is 0.481 e. The van der Waals surface area contributed by atoms with Crippen molar-refractivity contribution in [1.29, 1.82) is 0 Å². The minimum Gasteiger partial charge on any atom is -0.481 e. The second-order valence-electron chi connectivity index (χ2n) is 6.18. The zero-order chi connectivity index (χ0) is 17.4. The first-order chi connectivity index (χ1) is 11.4. The molecule has 0 aromatic heterocycles. The summed E-state index contributed by atoms with van der Waals surface area (Å²) in [6.45, 7) is 3.77. The van der Waals surface area contributed by atoms with Crippen LogP contribution >= 0.6 is 11.6 Å². The molecule has 0 radical (unpaired) electrons. The molecule has 0 bridgehead atoms. The Balaban J connectivity index is 2.29. The summed E-state index contributed by atoms with van der Waals surface area (Å²) in [6.07, 6.45) is 0. The topological polar surface area (TPSA) is 57.6 Å². The SMILES string of the molecule is CC(C)N1C(=O)c2ccccc2[C@H](C(=O)O)[C@@H]1c1ccccc1Cl. The van der Waals surface area contributed by atoms with E-state index in [1.54, 1.807) is 47.4 Å². The lowest BCUT2D eigenvalue weighted by atomic mass is 9.79. The van der Waals surface area contributed by atoms with Crippen molar-refractivity contribution < 1.29 is 14.7 Å². The van der Waals surface area contributed by atoms with E-state index in [-0.39, 0.29) is 11.9 Å². The number of hydrogen-bond donors (Lipinski definition) is 1. The van der Waals surface area contributed by atoms with Crippen LogP contribution in [-0.2, 0) is 4.79 Å². The van der Waals surface area contributed by atoms with Crippen LogP contribution in [0, 0.1) is 0 Å². The van der Waals surface area contributed by atoms with E-state index in [0.717, 1.165) is 0 Å². The van der Waals surface area contributed by atoms with Crippen LogP contribution < -0.4 is 0 Å². The van der Waals surface area contributed by atoms with Crippen LogP contribution in [0.4, 0.5) is 0 Å². The predicted molar refractivity (Wildman–Crippen MR) is 92.3 cm³/mol. The fourth-order valence-electron chi connectivity index (χ4n) is 3.43. The molecule has 0 unspecified atom stereocenters. The van der Waals surface area contributed by atoms with Gasteiger partial charge in [0.2, 0.25) is 0 Å². The van der Waals surface area contributed by atoms with Crippen molar-refractivity contribution in [3.05, 3.63) is 70.2 Å². The molecule has 1 N–H and O–H groups in total. The van der Waals surface area contributed by atoms with Gasteiger partial charge in [0, 0.05) is 16.6 Å². The van der Waals surface area contributed by atoms with Crippen LogP contribution in [0.2, 0.25) is 5.02 Å². The summed E-state index contributed by atoms with van der Waals surface area (Å²) in [4.78, 5) is 26.7. The number of carbonyl (C=O) groups excluding carboxylic acids is 1. The van der Waals surface area contributed by atoms with Gasteiger partial charge in [0.1, 0.15) is 5.92 Å². The Morgan fingerprint density at radius 2 is 1.67 bits per heavy atom. The first kappa shape index (κ1) is 16.5. The van der Waals surface area contributed by atoms with Gasteiger partial charge in [-0.2, -0.15) is 0 Å². The molecule has 2 aromatic carbocycles. The molecule has 2 aromatic rings.